The first-order chi connectivity index (χ1) is 6.60. The van der Waals surface area contributed by atoms with Crippen molar-refractivity contribution in [3.63, 3.8) is 0 Å². The maximum atomic E-state index is 11.1. The van der Waals surface area contributed by atoms with Gasteiger partial charge in [-0.2, -0.15) is 0 Å². The maximum absolute atomic E-state index is 11.1. The van der Waals surface area contributed by atoms with Gasteiger partial charge in [-0.05, 0) is 32.1 Å². The Morgan fingerprint density at radius 1 is 1.60 bits per heavy atom. The molecule has 0 aromatic heterocycles. The number of rotatable bonds is 2. The van der Waals surface area contributed by atoms with Gasteiger partial charge in [-0.1, -0.05) is 19.1 Å². The van der Waals surface area contributed by atoms with Crippen LogP contribution in [0, 0.1) is 5.41 Å². The molecule has 1 N–H and O–H groups in total. The number of carboxylic acids is 1. The quantitative estimate of drug-likeness (QED) is 0.430. The van der Waals surface area contributed by atoms with Crippen LogP contribution >= 0.6 is 0 Å². The van der Waals surface area contributed by atoms with E-state index in [-0.39, 0.29) is 51.4 Å². The molecule has 1 rings (SSSR count). The molecule has 4 heteroatoms. The van der Waals surface area contributed by atoms with Gasteiger partial charge in [0.25, 0.3) is 0 Å². The number of allylic oxidation sites excluding steroid dienone is 1. The summed E-state index contributed by atoms with van der Waals surface area (Å²) in [5.41, 5.74) is -0.730. The van der Waals surface area contributed by atoms with E-state index in [0.717, 1.165) is 0 Å². The SMILES string of the molecule is CCC1(C(=O)[O-])CC/C=C/[C@@H](O)CC1.[K+]. The first-order valence-electron chi connectivity index (χ1n) is 5.17. The van der Waals surface area contributed by atoms with Gasteiger partial charge in [0.2, 0.25) is 0 Å². The molecule has 0 fully saturated rings. The van der Waals surface area contributed by atoms with Crippen molar-refractivity contribution in [1.29, 1.82) is 0 Å². The molecule has 0 heterocycles. The van der Waals surface area contributed by atoms with Crippen LogP contribution in [0.15, 0.2) is 12.2 Å². The van der Waals surface area contributed by atoms with Crippen LogP contribution in [-0.4, -0.2) is 17.2 Å². The summed E-state index contributed by atoms with van der Waals surface area (Å²) in [6, 6.07) is 0. The summed E-state index contributed by atoms with van der Waals surface area (Å²) in [5.74, 6) is -0.970. The predicted octanol–water partition coefficient (Wildman–Crippen LogP) is -2.37. The summed E-state index contributed by atoms with van der Waals surface area (Å²) in [7, 11) is 0. The molecule has 0 spiro atoms. The van der Waals surface area contributed by atoms with E-state index >= 15 is 0 Å². The van der Waals surface area contributed by atoms with Crippen molar-refractivity contribution < 1.29 is 66.4 Å². The molecular formula is C11H17KO3. The zero-order valence-corrected chi connectivity index (χ0v) is 12.7. The van der Waals surface area contributed by atoms with Gasteiger partial charge < -0.3 is 15.0 Å². The third-order valence-corrected chi connectivity index (χ3v) is 3.18. The number of carboxylic acid groups (broad SMARTS) is 1. The molecule has 80 valence electrons. The zero-order chi connectivity index (χ0) is 10.6. The molecule has 0 saturated carbocycles. The monoisotopic (exact) mass is 236 g/mol. The molecule has 0 radical (unpaired) electrons. The average molecular weight is 236 g/mol. The average Bonchev–Trinajstić information content (AvgIpc) is 2.13. The number of aliphatic hydroxyl groups excluding tert-OH is 1. The summed E-state index contributed by atoms with van der Waals surface area (Å²) in [6.07, 6.45) is 6.03. The summed E-state index contributed by atoms with van der Waals surface area (Å²) in [4.78, 5) is 11.1. The Hall–Kier alpha value is 0.806. The van der Waals surface area contributed by atoms with E-state index in [1.807, 2.05) is 13.0 Å². The van der Waals surface area contributed by atoms with Crippen LogP contribution in [0.3, 0.4) is 0 Å². The number of aliphatic hydroxyl groups is 1. The van der Waals surface area contributed by atoms with Gasteiger partial charge in [-0.3, -0.25) is 0 Å². The molecule has 3 nitrogen and oxygen atoms in total. The summed E-state index contributed by atoms with van der Waals surface area (Å²) in [6.45, 7) is 1.87. The fourth-order valence-corrected chi connectivity index (χ4v) is 1.96. The van der Waals surface area contributed by atoms with Gasteiger partial charge >= 0.3 is 51.4 Å². The van der Waals surface area contributed by atoms with Crippen molar-refractivity contribution in [3.8, 4) is 0 Å². The number of hydrogen-bond acceptors (Lipinski definition) is 3. The number of hydrogen-bond donors (Lipinski definition) is 1. The summed E-state index contributed by atoms with van der Waals surface area (Å²) in [5, 5.41) is 20.5. The van der Waals surface area contributed by atoms with Gasteiger partial charge in [0.05, 0.1) is 6.10 Å². The van der Waals surface area contributed by atoms with E-state index in [2.05, 4.69) is 0 Å². The Bertz CT molecular complexity index is 240. The van der Waals surface area contributed by atoms with Gasteiger partial charge in [0.15, 0.2) is 0 Å². The van der Waals surface area contributed by atoms with E-state index < -0.39 is 17.5 Å². The van der Waals surface area contributed by atoms with Crippen molar-refractivity contribution in [2.24, 2.45) is 5.41 Å². The molecule has 0 saturated heterocycles. The van der Waals surface area contributed by atoms with Gasteiger partial charge in [0.1, 0.15) is 0 Å². The molecule has 1 unspecified atom stereocenters. The standard InChI is InChI=1S/C11H18O3.K/c1-2-11(10(13)14)7-4-3-5-9(12)6-8-11;/h3,5,9,12H,2,4,6-8H2,1H3,(H,13,14);/q;+1/p-1/b5-3+;/t9-,11?;/m1./s1. The Morgan fingerprint density at radius 2 is 2.27 bits per heavy atom. The smallest absolute Gasteiger partial charge is 0.550 e. The van der Waals surface area contributed by atoms with Crippen LogP contribution in [-0.2, 0) is 4.79 Å². The third-order valence-electron chi connectivity index (χ3n) is 3.18. The van der Waals surface area contributed by atoms with Crippen molar-refractivity contribution in [1.82, 2.24) is 0 Å². The second-order valence-electron chi connectivity index (χ2n) is 3.99. The zero-order valence-electron chi connectivity index (χ0n) is 9.53. The van der Waals surface area contributed by atoms with Crippen LogP contribution in [0.25, 0.3) is 0 Å². The molecule has 1 aliphatic rings. The van der Waals surface area contributed by atoms with Crippen molar-refractivity contribution in [2.45, 2.75) is 45.1 Å². The number of carbonyl (C=O) groups is 1. The first-order valence-corrected chi connectivity index (χ1v) is 5.17. The summed E-state index contributed by atoms with van der Waals surface area (Å²) >= 11 is 0. The van der Waals surface area contributed by atoms with E-state index in [1.165, 1.54) is 0 Å². The van der Waals surface area contributed by atoms with Crippen LogP contribution in [0.1, 0.15) is 39.0 Å². The second kappa shape index (κ2) is 7.19. The third kappa shape index (κ3) is 4.28. The van der Waals surface area contributed by atoms with Crippen molar-refractivity contribution in [2.75, 3.05) is 0 Å². The largest absolute Gasteiger partial charge is 1.00 e. The summed E-state index contributed by atoms with van der Waals surface area (Å²) < 4.78 is 0. The van der Waals surface area contributed by atoms with E-state index in [4.69, 9.17) is 0 Å². The minimum absolute atomic E-state index is 0. The number of carbonyl (C=O) groups excluding carboxylic acids is 1. The maximum Gasteiger partial charge on any atom is 1.00 e. The number of aliphatic carboxylic acids is 1. The van der Waals surface area contributed by atoms with Crippen LogP contribution in [0.5, 0.6) is 0 Å². The van der Waals surface area contributed by atoms with Crippen LogP contribution < -0.4 is 56.5 Å². The normalized spacial score (nSPS) is 33.3. The van der Waals surface area contributed by atoms with E-state index in [1.54, 1.807) is 6.08 Å². The fourth-order valence-electron chi connectivity index (χ4n) is 1.96. The van der Waals surface area contributed by atoms with E-state index in [0.29, 0.717) is 32.1 Å². The molecule has 2 atom stereocenters. The first kappa shape index (κ1) is 15.8. The molecule has 0 amide bonds. The second-order valence-corrected chi connectivity index (χ2v) is 3.99. The van der Waals surface area contributed by atoms with Crippen LogP contribution in [0.2, 0.25) is 0 Å². The van der Waals surface area contributed by atoms with Gasteiger partial charge in [-0.15, -0.1) is 0 Å². The van der Waals surface area contributed by atoms with Crippen LogP contribution in [0.4, 0.5) is 0 Å². The molecule has 0 aromatic rings. The topological polar surface area (TPSA) is 60.4 Å². The molecule has 0 aliphatic heterocycles. The molecule has 15 heavy (non-hydrogen) atoms. The predicted molar refractivity (Wildman–Crippen MR) is 51.3 cm³/mol. The minimum atomic E-state index is -0.970. The minimum Gasteiger partial charge on any atom is -0.550 e. The molecular weight excluding hydrogens is 219 g/mol. The Balaban J connectivity index is 0.00000196. The van der Waals surface area contributed by atoms with Crippen molar-refractivity contribution in [3.05, 3.63) is 12.2 Å². The fraction of sp³-hybridized carbons (Fsp3) is 0.727. The van der Waals surface area contributed by atoms with Gasteiger partial charge in [0, 0.05) is 11.4 Å². The molecule has 1 aliphatic carbocycles. The van der Waals surface area contributed by atoms with Gasteiger partial charge in [-0.25, -0.2) is 0 Å². The Morgan fingerprint density at radius 3 is 2.80 bits per heavy atom. The Labute approximate surface area is 133 Å². The van der Waals surface area contributed by atoms with Crippen molar-refractivity contribution >= 4 is 5.97 Å². The Kier molecular flexibility index (Phi) is 7.58. The van der Waals surface area contributed by atoms with E-state index in [9.17, 15) is 15.0 Å². The molecule has 0 bridgehead atoms. The molecule has 0 aromatic carbocycles.